The van der Waals surface area contributed by atoms with Crippen LogP contribution in [0.4, 0.5) is 4.79 Å². The molecule has 1 aromatic carbocycles. The second-order valence-electron chi connectivity index (χ2n) is 7.56. The van der Waals surface area contributed by atoms with Crippen molar-refractivity contribution in [1.29, 1.82) is 0 Å². The SMILES string of the molecule is CCOC(=O)NC(CNC(=O)c1ccc(Cl)c(S(=O)(=O)N2CCOCC2)c1)CC(C)C. The van der Waals surface area contributed by atoms with E-state index in [-0.39, 0.29) is 53.7 Å². The third-order valence-electron chi connectivity index (χ3n) is 4.64. The zero-order chi connectivity index (χ0) is 23.0. The normalized spacial score (nSPS) is 16.0. The van der Waals surface area contributed by atoms with Gasteiger partial charge in [-0.25, -0.2) is 13.2 Å². The highest BCUT2D eigenvalue weighted by Crippen LogP contribution is 2.26. The first-order chi connectivity index (χ1) is 14.6. The number of hydrogen-bond acceptors (Lipinski definition) is 6. The van der Waals surface area contributed by atoms with Gasteiger partial charge in [0.2, 0.25) is 10.0 Å². The van der Waals surface area contributed by atoms with E-state index in [9.17, 15) is 18.0 Å². The van der Waals surface area contributed by atoms with E-state index in [2.05, 4.69) is 10.6 Å². The van der Waals surface area contributed by atoms with Gasteiger partial charge in [-0.1, -0.05) is 25.4 Å². The summed E-state index contributed by atoms with van der Waals surface area (Å²) >= 11 is 6.15. The molecule has 2 rings (SSSR count). The van der Waals surface area contributed by atoms with Crippen molar-refractivity contribution in [3.63, 3.8) is 0 Å². The zero-order valence-corrected chi connectivity index (χ0v) is 19.6. The Morgan fingerprint density at radius 2 is 1.94 bits per heavy atom. The molecule has 11 heteroatoms. The first-order valence-electron chi connectivity index (χ1n) is 10.2. The van der Waals surface area contributed by atoms with Gasteiger partial charge in [0.1, 0.15) is 4.90 Å². The van der Waals surface area contributed by atoms with E-state index >= 15 is 0 Å². The number of nitrogens with one attached hydrogen (secondary N) is 2. The number of sulfonamides is 1. The predicted octanol–water partition coefficient (Wildman–Crippen LogP) is 2.25. The molecule has 1 heterocycles. The number of rotatable bonds is 9. The van der Waals surface area contributed by atoms with Crippen LogP contribution >= 0.6 is 11.6 Å². The van der Waals surface area contributed by atoms with Crippen molar-refractivity contribution < 1.29 is 27.5 Å². The summed E-state index contributed by atoms with van der Waals surface area (Å²) in [4.78, 5) is 24.3. The number of halogens is 1. The molecule has 1 saturated heterocycles. The van der Waals surface area contributed by atoms with E-state index in [4.69, 9.17) is 21.1 Å². The molecule has 1 aromatic rings. The molecular weight excluding hydrogens is 446 g/mol. The molecule has 174 valence electrons. The molecule has 1 unspecified atom stereocenters. The molecule has 0 aromatic heterocycles. The van der Waals surface area contributed by atoms with Crippen LogP contribution in [0.3, 0.4) is 0 Å². The quantitative estimate of drug-likeness (QED) is 0.566. The number of amides is 2. The first-order valence-corrected chi connectivity index (χ1v) is 12.1. The van der Waals surface area contributed by atoms with Crippen LogP contribution in [-0.2, 0) is 19.5 Å². The Hall–Kier alpha value is -1.88. The van der Waals surface area contributed by atoms with Gasteiger partial charge in [0.15, 0.2) is 0 Å². The van der Waals surface area contributed by atoms with Crippen LogP contribution in [0, 0.1) is 5.92 Å². The number of alkyl carbamates (subject to hydrolysis) is 1. The Morgan fingerprint density at radius 3 is 2.55 bits per heavy atom. The minimum absolute atomic E-state index is 0.0460. The molecule has 2 amide bonds. The highest BCUT2D eigenvalue weighted by Gasteiger charge is 2.29. The second kappa shape index (κ2) is 11.7. The van der Waals surface area contributed by atoms with Crippen LogP contribution in [-0.4, -0.2) is 70.2 Å². The Balaban J connectivity index is 2.12. The monoisotopic (exact) mass is 475 g/mol. The Kier molecular flexibility index (Phi) is 9.54. The fourth-order valence-electron chi connectivity index (χ4n) is 3.19. The lowest BCUT2D eigenvalue weighted by Gasteiger charge is -2.26. The average Bonchev–Trinajstić information content (AvgIpc) is 2.72. The molecule has 1 fully saturated rings. The van der Waals surface area contributed by atoms with Crippen LogP contribution in [0.15, 0.2) is 23.1 Å². The van der Waals surface area contributed by atoms with Gasteiger partial charge < -0.3 is 20.1 Å². The van der Waals surface area contributed by atoms with Crippen LogP contribution in [0.2, 0.25) is 5.02 Å². The van der Waals surface area contributed by atoms with Crippen LogP contribution in [0.25, 0.3) is 0 Å². The van der Waals surface area contributed by atoms with Crippen molar-refractivity contribution >= 4 is 33.6 Å². The maximum absolute atomic E-state index is 12.9. The molecule has 0 saturated carbocycles. The average molecular weight is 476 g/mol. The van der Waals surface area contributed by atoms with Crippen molar-refractivity contribution in [2.75, 3.05) is 39.5 Å². The number of carbonyl (C=O) groups is 2. The van der Waals surface area contributed by atoms with Crippen molar-refractivity contribution in [3.8, 4) is 0 Å². The number of hydrogen-bond donors (Lipinski definition) is 2. The lowest BCUT2D eigenvalue weighted by Crippen LogP contribution is -2.44. The molecule has 2 N–H and O–H groups in total. The minimum atomic E-state index is -3.85. The van der Waals surface area contributed by atoms with E-state index in [0.29, 0.717) is 19.6 Å². The summed E-state index contributed by atoms with van der Waals surface area (Å²) in [6.45, 7) is 7.21. The first kappa shape index (κ1) is 25.4. The van der Waals surface area contributed by atoms with Crippen LogP contribution < -0.4 is 10.6 Å². The summed E-state index contributed by atoms with van der Waals surface area (Å²) in [5, 5.41) is 5.53. The molecule has 1 aliphatic rings. The molecule has 1 atom stereocenters. The molecule has 0 aliphatic carbocycles. The maximum Gasteiger partial charge on any atom is 0.407 e. The Bertz CT molecular complexity index is 872. The van der Waals surface area contributed by atoms with Crippen molar-refractivity contribution in [1.82, 2.24) is 14.9 Å². The van der Waals surface area contributed by atoms with Crippen molar-refractivity contribution in [2.24, 2.45) is 5.92 Å². The van der Waals surface area contributed by atoms with Gasteiger partial charge in [-0.15, -0.1) is 0 Å². The zero-order valence-electron chi connectivity index (χ0n) is 18.0. The summed E-state index contributed by atoms with van der Waals surface area (Å²) in [6, 6.07) is 3.81. The van der Waals surface area contributed by atoms with Crippen molar-refractivity contribution in [3.05, 3.63) is 28.8 Å². The van der Waals surface area contributed by atoms with E-state index < -0.39 is 22.0 Å². The molecule has 0 radical (unpaired) electrons. The van der Waals surface area contributed by atoms with Gasteiger partial charge in [0.05, 0.1) is 24.8 Å². The van der Waals surface area contributed by atoms with Gasteiger partial charge in [-0.3, -0.25) is 4.79 Å². The van der Waals surface area contributed by atoms with Crippen molar-refractivity contribution in [2.45, 2.75) is 38.1 Å². The van der Waals surface area contributed by atoms with E-state index in [0.717, 1.165) is 0 Å². The number of nitrogens with zero attached hydrogens (tertiary/aromatic N) is 1. The molecule has 0 bridgehead atoms. The summed E-state index contributed by atoms with van der Waals surface area (Å²) in [6.07, 6.45) is 0.0869. The molecule has 31 heavy (non-hydrogen) atoms. The Morgan fingerprint density at radius 1 is 1.26 bits per heavy atom. The Labute approximate surface area is 188 Å². The summed E-state index contributed by atoms with van der Waals surface area (Å²) in [5.74, 6) is -0.181. The lowest BCUT2D eigenvalue weighted by molar-refractivity contribution is 0.0730. The smallest absolute Gasteiger partial charge is 0.407 e. The third-order valence-corrected chi connectivity index (χ3v) is 7.02. The second-order valence-corrected chi connectivity index (χ2v) is 9.88. The molecular formula is C20H30ClN3O6S. The number of carbonyl (C=O) groups excluding carboxylic acids is 2. The van der Waals surface area contributed by atoms with Crippen LogP contribution in [0.1, 0.15) is 37.6 Å². The predicted molar refractivity (Wildman–Crippen MR) is 117 cm³/mol. The number of benzene rings is 1. The van der Waals surface area contributed by atoms with Gasteiger partial charge >= 0.3 is 6.09 Å². The fourth-order valence-corrected chi connectivity index (χ4v) is 5.10. The van der Waals surface area contributed by atoms with Gasteiger partial charge in [0, 0.05) is 31.2 Å². The minimum Gasteiger partial charge on any atom is -0.450 e. The molecule has 9 nitrogen and oxygen atoms in total. The third kappa shape index (κ3) is 7.34. The van der Waals surface area contributed by atoms with Gasteiger partial charge in [0.25, 0.3) is 5.91 Å². The standard InChI is InChI=1S/C20H30ClN3O6S/c1-4-30-20(26)23-16(11-14(2)3)13-22-19(25)15-5-6-17(21)18(12-15)31(27,28)24-7-9-29-10-8-24/h5-6,12,14,16H,4,7-11,13H2,1-3H3,(H,22,25)(H,23,26). The largest absolute Gasteiger partial charge is 0.450 e. The topological polar surface area (TPSA) is 114 Å². The van der Waals surface area contributed by atoms with Gasteiger partial charge in [-0.2, -0.15) is 4.31 Å². The fraction of sp³-hybridized carbons (Fsp3) is 0.600. The molecule has 0 spiro atoms. The highest BCUT2D eigenvalue weighted by atomic mass is 35.5. The number of morpholine rings is 1. The van der Waals surface area contributed by atoms with Gasteiger partial charge in [-0.05, 0) is 37.5 Å². The van der Waals surface area contributed by atoms with E-state index in [1.54, 1.807) is 6.92 Å². The number of ether oxygens (including phenoxy) is 2. The lowest BCUT2D eigenvalue weighted by atomic mass is 10.0. The summed E-state index contributed by atoms with van der Waals surface area (Å²) < 4.78 is 37.3. The van der Waals surface area contributed by atoms with E-state index in [1.165, 1.54) is 22.5 Å². The van der Waals surface area contributed by atoms with Crippen LogP contribution in [0.5, 0.6) is 0 Å². The molecule has 1 aliphatic heterocycles. The van der Waals surface area contributed by atoms with E-state index in [1.807, 2.05) is 13.8 Å². The summed E-state index contributed by atoms with van der Waals surface area (Å²) in [5.41, 5.74) is 0.163. The highest BCUT2D eigenvalue weighted by molar-refractivity contribution is 7.89. The summed E-state index contributed by atoms with van der Waals surface area (Å²) in [7, 11) is -3.85. The maximum atomic E-state index is 12.9.